The fourth-order valence-corrected chi connectivity index (χ4v) is 2.24. The highest BCUT2D eigenvalue weighted by Crippen LogP contribution is 2.20. The van der Waals surface area contributed by atoms with Crippen molar-refractivity contribution in [2.75, 3.05) is 13.7 Å². The normalized spacial score (nSPS) is 13.4. The van der Waals surface area contributed by atoms with E-state index in [1.807, 2.05) is 13.8 Å². The van der Waals surface area contributed by atoms with Gasteiger partial charge in [0.2, 0.25) is 0 Å². The zero-order chi connectivity index (χ0) is 16.3. The molecule has 0 aliphatic rings. The molecule has 0 spiro atoms. The van der Waals surface area contributed by atoms with Crippen molar-refractivity contribution in [3.63, 3.8) is 0 Å². The zero-order valence-electron chi connectivity index (χ0n) is 14.6. The molecule has 0 heterocycles. The highest BCUT2D eigenvalue weighted by atomic mass is 16.5. The molecule has 0 saturated heterocycles. The molecule has 0 rings (SSSR count). The second-order valence-electron chi connectivity index (χ2n) is 6.15. The Hall–Kier alpha value is -1.09. The van der Waals surface area contributed by atoms with Crippen molar-refractivity contribution in [3.05, 3.63) is 23.3 Å². The van der Waals surface area contributed by atoms with Crippen LogP contribution in [0.5, 0.6) is 0 Å². The maximum atomic E-state index is 11.1. The number of carbonyl (C=O) groups is 1. The van der Waals surface area contributed by atoms with Gasteiger partial charge in [-0.25, -0.2) is 4.79 Å². The molecule has 0 aliphatic carbocycles. The highest BCUT2D eigenvalue weighted by molar-refractivity contribution is 5.82. The van der Waals surface area contributed by atoms with Crippen molar-refractivity contribution in [1.82, 2.24) is 0 Å². The van der Waals surface area contributed by atoms with Gasteiger partial charge in [-0.05, 0) is 66.7 Å². The molecule has 3 nitrogen and oxygen atoms in total. The van der Waals surface area contributed by atoms with Crippen molar-refractivity contribution in [1.29, 1.82) is 0 Å². The Labute approximate surface area is 130 Å². The van der Waals surface area contributed by atoms with Crippen molar-refractivity contribution in [2.24, 2.45) is 0 Å². The van der Waals surface area contributed by atoms with E-state index in [4.69, 9.17) is 4.74 Å². The minimum atomic E-state index is -0.272. The summed E-state index contributed by atoms with van der Waals surface area (Å²) in [6, 6.07) is 0. The molecule has 0 amide bonds. The third kappa shape index (κ3) is 11.3. The molecule has 122 valence electrons. The number of allylic oxidation sites excluding steroid dienone is 3. The summed E-state index contributed by atoms with van der Waals surface area (Å²) < 4.78 is 10.3. The van der Waals surface area contributed by atoms with Crippen LogP contribution in [0.3, 0.4) is 0 Å². The predicted octanol–water partition coefficient (Wildman–Crippen LogP) is 4.82. The first-order valence-electron chi connectivity index (χ1n) is 7.85. The number of carbonyl (C=O) groups excluding carboxylic acids is 1. The largest absolute Gasteiger partial charge is 0.466 e. The van der Waals surface area contributed by atoms with E-state index in [0.717, 1.165) is 44.3 Å². The molecule has 0 saturated carbocycles. The lowest BCUT2D eigenvalue weighted by Gasteiger charge is -2.24. The van der Waals surface area contributed by atoms with Gasteiger partial charge < -0.3 is 9.47 Å². The van der Waals surface area contributed by atoms with Crippen LogP contribution >= 0.6 is 0 Å². The molecule has 0 N–H and O–H groups in total. The van der Waals surface area contributed by atoms with Crippen LogP contribution in [0.15, 0.2) is 23.3 Å². The van der Waals surface area contributed by atoms with E-state index in [9.17, 15) is 4.79 Å². The van der Waals surface area contributed by atoms with Crippen LogP contribution in [0.25, 0.3) is 0 Å². The van der Waals surface area contributed by atoms with Gasteiger partial charge in [0.05, 0.1) is 12.7 Å². The lowest BCUT2D eigenvalue weighted by Crippen LogP contribution is -2.24. The summed E-state index contributed by atoms with van der Waals surface area (Å²) in [6.07, 6.45) is 9.03. The predicted molar refractivity (Wildman–Crippen MR) is 88.3 cm³/mol. The van der Waals surface area contributed by atoms with E-state index in [1.165, 1.54) is 12.7 Å². The number of hydrogen-bond donors (Lipinski definition) is 0. The van der Waals surface area contributed by atoms with Gasteiger partial charge in [0.25, 0.3) is 0 Å². The van der Waals surface area contributed by atoms with E-state index >= 15 is 0 Å². The Morgan fingerprint density at radius 2 is 1.81 bits per heavy atom. The Bertz CT molecular complexity index is 365. The van der Waals surface area contributed by atoms with Crippen LogP contribution < -0.4 is 0 Å². The van der Waals surface area contributed by atoms with Crippen molar-refractivity contribution < 1.29 is 14.3 Å². The van der Waals surface area contributed by atoms with E-state index in [1.54, 1.807) is 6.08 Å². The molecule has 0 aliphatic heterocycles. The third-order valence-corrected chi connectivity index (χ3v) is 3.48. The Morgan fingerprint density at radius 1 is 1.14 bits per heavy atom. The maximum Gasteiger partial charge on any atom is 0.330 e. The third-order valence-electron chi connectivity index (χ3n) is 3.48. The fourth-order valence-electron chi connectivity index (χ4n) is 2.24. The molecular weight excluding hydrogens is 264 g/mol. The first kappa shape index (κ1) is 19.9. The number of esters is 1. The van der Waals surface area contributed by atoms with Gasteiger partial charge >= 0.3 is 5.97 Å². The first-order chi connectivity index (χ1) is 9.80. The Balaban J connectivity index is 3.99. The number of methoxy groups -OCH3 is 1. The van der Waals surface area contributed by atoms with Gasteiger partial charge in [-0.15, -0.1) is 0 Å². The van der Waals surface area contributed by atoms with Gasteiger partial charge in [0.15, 0.2) is 0 Å². The van der Waals surface area contributed by atoms with E-state index in [0.29, 0.717) is 0 Å². The molecule has 0 bridgehead atoms. The molecule has 3 heteroatoms. The lowest BCUT2D eigenvalue weighted by molar-refractivity contribution is -0.134. The lowest BCUT2D eigenvalue weighted by atomic mass is 9.98. The summed E-state index contributed by atoms with van der Waals surface area (Å²) in [5, 5.41) is 0. The van der Waals surface area contributed by atoms with E-state index in [2.05, 4.69) is 31.6 Å². The molecule has 0 aromatic heterocycles. The minimum absolute atomic E-state index is 0.0190. The molecule has 0 atom stereocenters. The summed E-state index contributed by atoms with van der Waals surface area (Å²) >= 11 is 0. The Kier molecular flexibility index (Phi) is 10.1. The van der Waals surface area contributed by atoms with Crippen LogP contribution in [-0.2, 0) is 14.3 Å². The molecule has 0 aromatic carbocycles. The van der Waals surface area contributed by atoms with Crippen LogP contribution in [-0.4, -0.2) is 25.3 Å². The van der Waals surface area contributed by atoms with Gasteiger partial charge in [0.1, 0.15) is 0 Å². The molecular formula is C18H32O3. The van der Waals surface area contributed by atoms with Crippen LogP contribution in [0.1, 0.15) is 66.7 Å². The van der Waals surface area contributed by atoms with Crippen molar-refractivity contribution in [2.45, 2.75) is 72.3 Å². The standard InChI is InChI=1S/C18H32O3/c1-7-21-18(4,5)13-9-12-15(2)10-8-11-16(3)14-17(19)20-6/h10,14H,7-9,11-13H2,1-6H3/b15-10+,16-14+. The van der Waals surface area contributed by atoms with E-state index in [-0.39, 0.29) is 11.6 Å². The fraction of sp³-hybridized carbons (Fsp3) is 0.722. The zero-order valence-corrected chi connectivity index (χ0v) is 14.6. The van der Waals surface area contributed by atoms with Crippen LogP contribution in [0, 0.1) is 0 Å². The topological polar surface area (TPSA) is 35.5 Å². The van der Waals surface area contributed by atoms with Gasteiger partial charge in [0, 0.05) is 12.7 Å². The van der Waals surface area contributed by atoms with Crippen molar-refractivity contribution in [3.8, 4) is 0 Å². The monoisotopic (exact) mass is 296 g/mol. The van der Waals surface area contributed by atoms with Gasteiger partial charge in [-0.2, -0.15) is 0 Å². The number of rotatable bonds is 10. The average Bonchev–Trinajstić information content (AvgIpc) is 2.38. The number of ether oxygens (including phenoxy) is 2. The minimum Gasteiger partial charge on any atom is -0.466 e. The SMILES string of the molecule is CCOC(C)(C)CCC/C(C)=C/CC/C(C)=C/C(=O)OC. The molecule has 0 aromatic rings. The second kappa shape index (κ2) is 10.6. The molecule has 0 unspecified atom stereocenters. The summed E-state index contributed by atoms with van der Waals surface area (Å²) in [4.78, 5) is 11.1. The molecule has 0 fully saturated rings. The summed E-state index contributed by atoms with van der Waals surface area (Å²) in [7, 11) is 1.40. The summed E-state index contributed by atoms with van der Waals surface area (Å²) in [5.41, 5.74) is 2.45. The molecule has 21 heavy (non-hydrogen) atoms. The summed E-state index contributed by atoms with van der Waals surface area (Å²) in [6.45, 7) is 11.2. The smallest absolute Gasteiger partial charge is 0.330 e. The number of hydrogen-bond acceptors (Lipinski definition) is 3. The average molecular weight is 296 g/mol. The van der Waals surface area contributed by atoms with Gasteiger partial charge in [-0.1, -0.05) is 17.2 Å². The summed E-state index contributed by atoms with van der Waals surface area (Å²) in [5.74, 6) is -0.272. The quantitative estimate of drug-likeness (QED) is 0.329. The highest BCUT2D eigenvalue weighted by Gasteiger charge is 2.16. The van der Waals surface area contributed by atoms with Crippen LogP contribution in [0.2, 0.25) is 0 Å². The van der Waals surface area contributed by atoms with E-state index < -0.39 is 0 Å². The Morgan fingerprint density at radius 3 is 2.38 bits per heavy atom. The maximum absolute atomic E-state index is 11.1. The van der Waals surface area contributed by atoms with Crippen molar-refractivity contribution >= 4 is 5.97 Å². The van der Waals surface area contributed by atoms with Crippen LogP contribution in [0.4, 0.5) is 0 Å². The van der Waals surface area contributed by atoms with Gasteiger partial charge in [-0.3, -0.25) is 0 Å². The first-order valence-corrected chi connectivity index (χ1v) is 7.85. The molecule has 0 radical (unpaired) electrons. The second-order valence-corrected chi connectivity index (χ2v) is 6.15.